The predicted molar refractivity (Wildman–Crippen MR) is 88.4 cm³/mol. The van der Waals surface area contributed by atoms with Gasteiger partial charge in [-0.15, -0.1) is 11.3 Å². The van der Waals surface area contributed by atoms with Crippen LogP contribution in [-0.4, -0.2) is 16.6 Å². The topological polar surface area (TPSA) is 35.0 Å². The molecule has 0 atom stereocenters. The van der Waals surface area contributed by atoms with Crippen molar-refractivity contribution in [1.29, 1.82) is 0 Å². The Bertz CT molecular complexity index is 768. The number of aromatic nitrogens is 2. The van der Waals surface area contributed by atoms with Gasteiger partial charge in [-0.1, -0.05) is 30.7 Å². The first kappa shape index (κ1) is 14.3. The molecular weight excluding hydrogens is 304 g/mol. The lowest BCUT2D eigenvalue weighted by molar-refractivity contribution is 0.317. The van der Waals surface area contributed by atoms with Crippen molar-refractivity contribution in [2.75, 3.05) is 6.61 Å². The highest BCUT2D eigenvalue weighted by molar-refractivity contribution is 7.20. The second kappa shape index (κ2) is 6.00. The highest BCUT2D eigenvalue weighted by Crippen LogP contribution is 2.39. The summed E-state index contributed by atoms with van der Waals surface area (Å²) in [5.74, 6) is 0.894. The van der Waals surface area contributed by atoms with E-state index in [1.165, 1.54) is 11.2 Å². The number of ether oxygens (including phenoxy) is 1. The van der Waals surface area contributed by atoms with Crippen LogP contribution in [0.2, 0.25) is 5.15 Å². The molecule has 0 saturated heterocycles. The molecule has 0 aliphatic heterocycles. The van der Waals surface area contributed by atoms with Gasteiger partial charge >= 0.3 is 0 Å². The maximum atomic E-state index is 6.15. The molecular formula is C16H15ClN2OS. The van der Waals surface area contributed by atoms with Crippen LogP contribution in [0.25, 0.3) is 21.3 Å². The van der Waals surface area contributed by atoms with Crippen LogP contribution in [0.4, 0.5) is 0 Å². The second-order valence-electron chi connectivity index (χ2n) is 4.75. The molecule has 0 bridgehead atoms. The van der Waals surface area contributed by atoms with Gasteiger partial charge < -0.3 is 4.74 Å². The molecule has 0 spiro atoms. The standard InChI is InChI=1S/C16H15ClN2OS/c1-3-8-20-12-6-4-11(5-7-12)13-10(2)21-15-14(13)18-9-19-16(15)17/h4-7,9H,3,8H2,1-2H3. The molecule has 0 N–H and O–H groups in total. The van der Waals surface area contributed by atoms with Gasteiger partial charge in [-0.05, 0) is 31.0 Å². The van der Waals surface area contributed by atoms with Crippen LogP contribution < -0.4 is 4.74 Å². The van der Waals surface area contributed by atoms with Crippen molar-refractivity contribution >= 4 is 33.2 Å². The van der Waals surface area contributed by atoms with Crippen LogP contribution in [0, 0.1) is 6.92 Å². The van der Waals surface area contributed by atoms with Crippen molar-refractivity contribution in [3.63, 3.8) is 0 Å². The molecule has 2 heterocycles. The Morgan fingerprint density at radius 3 is 2.67 bits per heavy atom. The number of fused-ring (bicyclic) bond motifs is 1. The van der Waals surface area contributed by atoms with E-state index >= 15 is 0 Å². The van der Waals surface area contributed by atoms with Gasteiger partial charge in [0, 0.05) is 10.4 Å². The van der Waals surface area contributed by atoms with Crippen LogP contribution >= 0.6 is 22.9 Å². The summed E-state index contributed by atoms with van der Waals surface area (Å²) in [4.78, 5) is 9.63. The van der Waals surface area contributed by atoms with Crippen molar-refractivity contribution < 1.29 is 4.74 Å². The van der Waals surface area contributed by atoms with Gasteiger partial charge in [0.15, 0.2) is 0 Å². The van der Waals surface area contributed by atoms with Gasteiger partial charge in [0.25, 0.3) is 0 Å². The molecule has 3 nitrogen and oxygen atoms in total. The molecule has 0 amide bonds. The number of rotatable bonds is 4. The van der Waals surface area contributed by atoms with E-state index in [-0.39, 0.29) is 0 Å². The van der Waals surface area contributed by atoms with E-state index in [1.54, 1.807) is 11.3 Å². The number of thiophene rings is 1. The van der Waals surface area contributed by atoms with E-state index in [2.05, 4.69) is 35.9 Å². The van der Waals surface area contributed by atoms with Gasteiger partial charge in [0.1, 0.15) is 17.2 Å². The first-order valence-electron chi connectivity index (χ1n) is 6.83. The van der Waals surface area contributed by atoms with Gasteiger partial charge in [-0.3, -0.25) is 0 Å². The van der Waals surface area contributed by atoms with E-state index in [0.717, 1.165) is 40.1 Å². The average molecular weight is 319 g/mol. The SMILES string of the molecule is CCCOc1ccc(-c2c(C)sc3c(Cl)ncnc23)cc1. The van der Waals surface area contributed by atoms with Crippen molar-refractivity contribution in [3.05, 3.63) is 40.6 Å². The monoisotopic (exact) mass is 318 g/mol. The summed E-state index contributed by atoms with van der Waals surface area (Å²) >= 11 is 7.78. The van der Waals surface area contributed by atoms with Crippen molar-refractivity contribution in [2.24, 2.45) is 0 Å². The lowest BCUT2D eigenvalue weighted by Crippen LogP contribution is -1.94. The maximum absolute atomic E-state index is 6.15. The van der Waals surface area contributed by atoms with Crippen LogP contribution in [0.15, 0.2) is 30.6 Å². The van der Waals surface area contributed by atoms with Gasteiger partial charge in [0.2, 0.25) is 0 Å². The number of hydrogen-bond acceptors (Lipinski definition) is 4. The molecule has 0 aliphatic carbocycles. The largest absolute Gasteiger partial charge is 0.494 e. The molecule has 108 valence electrons. The quantitative estimate of drug-likeness (QED) is 0.627. The number of benzene rings is 1. The molecule has 0 aliphatic rings. The second-order valence-corrected chi connectivity index (χ2v) is 6.33. The van der Waals surface area contributed by atoms with E-state index in [4.69, 9.17) is 16.3 Å². The summed E-state index contributed by atoms with van der Waals surface area (Å²) < 4.78 is 6.56. The van der Waals surface area contributed by atoms with Crippen molar-refractivity contribution in [3.8, 4) is 16.9 Å². The molecule has 0 fully saturated rings. The highest BCUT2D eigenvalue weighted by atomic mass is 35.5. The van der Waals surface area contributed by atoms with Crippen LogP contribution in [0.1, 0.15) is 18.2 Å². The minimum Gasteiger partial charge on any atom is -0.494 e. The van der Waals surface area contributed by atoms with E-state index in [0.29, 0.717) is 5.15 Å². The molecule has 3 aromatic rings. The Hall–Kier alpha value is -1.65. The molecule has 0 radical (unpaired) electrons. The van der Waals surface area contributed by atoms with E-state index in [9.17, 15) is 0 Å². The number of hydrogen-bond donors (Lipinski definition) is 0. The number of halogens is 1. The van der Waals surface area contributed by atoms with Crippen LogP contribution in [0.3, 0.4) is 0 Å². The lowest BCUT2D eigenvalue weighted by Gasteiger charge is -2.06. The lowest BCUT2D eigenvalue weighted by atomic mass is 10.1. The van der Waals surface area contributed by atoms with Crippen LogP contribution in [0.5, 0.6) is 5.75 Å². The predicted octanol–water partition coefficient (Wildman–Crippen LogP) is 5.11. The van der Waals surface area contributed by atoms with Crippen molar-refractivity contribution in [2.45, 2.75) is 20.3 Å². The summed E-state index contributed by atoms with van der Waals surface area (Å²) in [6.07, 6.45) is 2.52. The smallest absolute Gasteiger partial charge is 0.150 e. The van der Waals surface area contributed by atoms with Crippen LogP contribution in [-0.2, 0) is 0 Å². The first-order valence-corrected chi connectivity index (χ1v) is 8.03. The Morgan fingerprint density at radius 1 is 1.19 bits per heavy atom. The zero-order chi connectivity index (χ0) is 14.8. The molecule has 21 heavy (non-hydrogen) atoms. The third kappa shape index (κ3) is 2.74. The van der Waals surface area contributed by atoms with E-state index < -0.39 is 0 Å². The summed E-state index contributed by atoms with van der Waals surface area (Å²) in [7, 11) is 0. The Labute approximate surface area is 132 Å². The zero-order valence-electron chi connectivity index (χ0n) is 11.9. The Morgan fingerprint density at radius 2 is 1.95 bits per heavy atom. The average Bonchev–Trinajstić information content (AvgIpc) is 2.83. The number of aryl methyl sites for hydroxylation is 1. The third-order valence-corrected chi connectivity index (χ3v) is 4.72. The zero-order valence-corrected chi connectivity index (χ0v) is 13.5. The molecule has 5 heteroatoms. The van der Waals surface area contributed by atoms with E-state index in [1.807, 2.05) is 12.1 Å². The molecule has 2 aromatic heterocycles. The summed E-state index contributed by atoms with van der Waals surface area (Å²) in [6.45, 7) is 4.92. The molecule has 0 unspecified atom stereocenters. The normalized spacial score (nSPS) is 11.0. The molecule has 1 aromatic carbocycles. The van der Waals surface area contributed by atoms with Gasteiger partial charge in [-0.25, -0.2) is 9.97 Å². The fraction of sp³-hybridized carbons (Fsp3) is 0.250. The first-order chi connectivity index (χ1) is 10.2. The summed E-state index contributed by atoms with van der Waals surface area (Å²) in [5.41, 5.74) is 3.17. The Kier molecular flexibility index (Phi) is 4.08. The minimum absolute atomic E-state index is 0.516. The minimum atomic E-state index is 0.516. The summed E-state index contributed by atoms with van der Waals surface area (Å²) in [6, 6.07) is 8.12. The van der Waals surface area contributed by atoms with Crippen molar-refractivity contribution in [1.82, 2.24) is 9.97 Å². The summed E-state index contributed by atoms with van der Waals surface area (Å²) in [5, 5.41) is 0.516. The fourth-order valence-electron chi connectivity index (χ4n) is 2.27. The fourth-order valence-corrected chi connectivity index (χ4v) is 3.53. The Balaban J connectivity index is 2.04. The maximum Gasteiger partial charge on any atom is 0.150 e. The molecule has 3 rings (SSSR count). The number of nitrogens with zero attached hydrogens (tertiary/aromatic N) is 2. The van der Waals surface area contributed by atoms with Gasteiger partial charge in [0.05, 0.1) is 16.8 Å². The highest BCUT2D eigenvalue weighted by Gasteiger charge is 2.15. The third-order valence-electron chi connectivity index (χ3n) is 3.22. The van der Waals surface area contributed by atoms with Gasteiger partial charge in [-0.2, -0.15) is 0 Å². The molecule has 0 saturated carbocycles.